The summed E-state index contributed by atoms with van der Waals surface area (Å²) in [5.41, 5.74) is -0.770. The Morgan fingerprint density at radius 3 is 1.08 bits per heavy atom. The number of carbonyl (C=O) groups excluding carboxylic acids is 2. The molecule has 0 N–H and O–H groups in total. The Morgan fingerprint density at radius 2 is 0.754 bits per heavy atom. The maximum Gasteiger partial charge on any atom is 1.00 e. The van der Waals surface area contributed by atoms with Crippen molar-refractivity contribution < 1.29 is 83.4 Å². The van der Waals surface area contributed by atoms with Gasteiger partial charge in [0.25, 0.3) is 0 Å². The fraction of sp³-hybridized carbons (Fsp3) is 0.769. The molecule has 0 aliphatic rings. The molecule has 0 amide bonds. The molecular formula is C52H89KO7S. The van der Waals surface area contributed by atoms with Gasteiger partial charge in [-0.15, -0.1) is 0 Å². The Bertz CT molecular complexity index is 1340. The number of unbranched alkanes of at least 4 members (excludes halogenated alkanes) is 32. The van der Waals surface area contributed by atoms with Crippen molar-refractivity contribution in [3.05, 3.63) is 53.6 Å². The largest absolute Gasteiger partial charge is 1.00 e. The van der Waals surface area contributed by atoms with Gasteiger partial charge in [-0.2, -0.15) is 0 Å². The minimum Gasteiger partial charge on any atom is -0.744 e. The molecule has 61 heavy (non-hydrogen) atoms. The predicted octanol–water partition coefficient (Wildman–Crippen LogP) is 13.1. The van der Waals surface area contributed by atoms with E-state index in [9.17, 15) is 22.6 Å². The molecule has 1 rings (SSSR count). The molecule has 346 valence electrons. The summed E-state index contributed by atoms with van der Waals surface area (Å²) in [5.74, 6) is -1.80. The van der Waals surface area contributed by atoms with Crippen molar-refractivity contribution in [2.24, 2.45) is 0 Å². The summed E-state index contributed by atoms with van der Waals surface area (Å²) < 4.78 is 46.9. The Kier molecular flexibility index (Phi) is 43.8. The third-order valence-electron chi connectivity index (χ3n) is 11.5. The SMILES string of the molecule is CCC/C=C/CCCCCCCCCCCCCCCCCOC(=O)c1cccc(S(=O)(=O)[O-])c1C(=O)OCCCCCCCCCCCCCCCCC/C=C/CCC.[K+]. The number of carbonyl (C=O) groups is 2. The van der Waals surface area contributed by atoms with Crippen molar-refractivity contribution in [1.29, 1.82) is 0 Å². The van der Waals surface area contributed by atoms with Crippen LogP contribution in [0.1, 0.15) is 266 Å². The molecule has 1 aromatic rings. The van der Waals surface area contributed by atoms with Gasteiger partial charge in [-0.3, -0.25) is 0 Å². The summed E-state index contributed by atoms with van der Waals surface area (Å²) in [6.45, 7) is 4.70. The van der Waals surface area contributed by atoms with E-state index in [4.69, 9.17) is 9.47 Å². The van der Waals surface area contributed by atoms with Crippen molar-refractivity contribution in [3.8, 4) is 0 Å². The van der Waals surface area contributed by atoms with Crippen LogP contribution in [0.2, 0.25) is 0 Å². The molecule has 0 heterocycles. The predicted molar refractivity (Wildman–Crippen MR) is 251 cm³/mol. The van der Waals surface area contributed by atoms with Gasteiger partial charge in [0.2, 0.25) is 0 Å². The van der Waals surface area contributed by atoms with Crippen LogP contribution in [-0.2, 0) is 19.6 Å². The van der Waals surface area contributed by atoms with E-state index in [-0.39, 0.29) is 70.2 Å². The van der Waals surface area contributed by atoms with Crippen LogP contribution >= 0.6 is 0 Å². The van der Waals surface area contributed by atoms with Crippen LogP contribution in [0.25, 0.3) is 0 Å². The third-order valence-corrected chi connectivity index (χ3v) is 12.3. The molecule has 0 aliphatic carbocycles. The van der Waals surface area contributed by atoms with E-state index in [1.165, 1.54) is 192 Å². The monoisotopic (exact) mass is 897 g/mol. The number of allylic oxidation sites excluding steroid dienone is 4. The molecule has 0 unspecified atom stereocenters. The Labute approximate surface area is 418 Å². The van der Waals surface area contributed by atoms with Crippen LogP contribution in [0.3, 0.4) is 0 Å². The van der Waals surface area contributed by atoms with Gasteiger partial charge in [0.05, 0.1) is 29.2 Å². The first kappa shape index (κ1) is 60.2. The summed E-state index contributed by atoms with van der Waals surface area (Å²) in [5, 5.41) is 0. The van der Waals surface area contributed by atoms with Gasteiger partial charge in [-0.25, -0.2) is 18.0 Å². The number of benzene rings is 1. The molecule has 7 nitrogen and oxygen atoms in total. The quantitative estimate of drug-likeness (QED) is 0.0211. The first-order chi connectivity index (χ1) is 29.3. The van der Waals surface area contributed by atoms with Crippen molar-refractivity contribution >= 4 is 22.1 Å². The molecule has 0 aliphatic heterocycles. The minimum absolute atomic E-state index is 0. The fourth-order valence-electron chi connectivity index (χ4n) is 7.73. The van der Waals surface area contributed by atoms with Crippen molar-refractivity contribution in [1.82, 2.24) is 0 Å². The number of esters is 2. The maximum absolute atomic E-state index is 13.1. The molecule has 0 saturated heterocycles. The third kappa shape index (κ3) is 36.1. The second-order valence-electron chi connectivity index (χ2n) is 17.1. The number of rotatable bonds is 43. The Morgan fingerprint density at radius 1 is 0.459 bits per heavy atom. The summed E-state index contributed by atoms with van der Waals surface area (Å²) >= 11 is 0. The second kappa shape index (κ2) is 44.4. The summed E-state index contributed by atoms with van der Waals surface area (Å²) in [4.78, 5) is 25.3. The molecule has 0 aromatic heterocycles. The number of hydrogen-bond acceptors (Lipinski definition) is 7. The average molecular weight is 897 g/mol. The van der Waals surface area contributed by atoms with Gasteiger partial charge < -0.3 is 14.0 Å². The van der Waals surface area contributed by atoms with Crippen molar-refractivity contribution in [3.63, 3.8) is 0 Å². The first-order valence-corrected chi connectivity index (χ1v) is 26.5. The topological polar surface area (TPSA) is 110 Å². The molecule has 9 heteroatoms. The zero-order valence-electron chi connectivity index (χ0n) is 39.7. The number of ether oxygens (including phenoxy) is 2. The summed E-state index contributed by atoms with van der Waals surface area (Å²) in [6.07, 6.45) is 53.3. The average Bonchev–Trinajstić information content (AvgIpc) is 3.24. The number of hydrogen-bond donors (Lipinski definition) is 0. The summed E-state index contributed by atoms with van der Waals surface area (Å²) in [6, 6.07) is 3.65. The normalized spacial score (nSPS) is 11.7. The molecule has 0 bridgehead atoms. The molecule has 0 atom stereocenters. The van der Waals surface area contributed by atoms with E-state index in [0.29, 0.717) is 12.8 Å². The van der Waals surface area contributed by atoms with Gasteiger partial charge >= 0.3 is 63.3 Å². The van der Waals surface area contributed by atoms with Crippen LogP contribution in [0.4, 0.5) is 0 Å². The Hall–Kier alpha value is -0.814. The van der Waals surface area contributed by atoms with Gasteiger partial charge in [0, 0.05) is 0 Å². The van der Waals surface area contributed by atoms with Crippen LogP contribution in [0.15, 0.2) is 47.4 Å². The maximum atomic E-state index is 13.1. The zero-order chi connectivity index (χ0) is 43.6. The molecule has 1 aromatic carbocycles. The van der Waals surface area contributed by atoms with Crippen molar-refractivity contribution in [2.45, 2.75) is 250 Å². The van der Waals surface area contributed by atoms with Crippen LogP contribution in [0.5, 0.6) is 0 Å². The summed E-state index contributed by atoms with van der Waals surface area (Å²) in [7, 11) is -5.02. The van der Waals surface area contributed by atoms with E-state index in [0.717, 1.165) is 44.6 Å². The van der Waals surface area contributed by atoms with E-state index < -0.39 is 32.5 Å². The van der Waals surface area contributed by atoms with Crippen LogP contribution in [-0.4, -0.2) is 38.1 Å². The second-order valence-corrected chi connectivity index (χ2v) is 18.5. The van der Waals surface area contributed by atoms with E-state index in [2.05, 4.69) is 38.2 Å². The molecule has 0 spiro atoms. The van der Waals surface area contributed by atoms with E-state index >= 15 is 0 Å². The van der Waals surface area contributed by atoms with Gasteiger partial charge in [0.15, 0.2) is 0 Å². The standard InChI is InChI=1S/C52H90O7S.K/c1-3-5-7-9-11-13-15-17-19-21-23-25-27-29-31-33-35-37-39-41-46-58-51(53)48-44-43-45-49(60(55,56)57)50(48)52(54)59-47-42-40-38-36-34-32-30-28-26-24-22-20-18-16-14-12-10-8-6-4-2;/h7-10,43-45H,3-6,11-42,46-47H2,1-2H3,(H,55,56,57);/q;+1/p-1/b9-7+,10-8+;. The van der Waals surface area contributed by atoms with Crippen LogP contribution in [0, 0.1) is 0 Å². The van der Waals surface area contributed by atoms with Crippen molar-refractivity contribution in [2.75, 3.05) is 13.2 Å². The Balaban J connectivity index is 0.0000360. The smallest absolute Gasteiger partial charge is 0.744 e. The van der Waals surface area contributed by atoms with Gasteiger partial charge in [-0.05, 0) is 63.5 Å². The van der Waals surface area contributed by atoms with Gasteiger partial charge in [0.1, 0.15) is 10.1 Å². The van der Waals surface area contributed by atoms with E-state index in [1.54, 1.807) is 0 Å². The zero-order valence-corrected chi connectivity index (χ0v) is 43.6. The molecule has 0 radical (unpaired) electrons. The molecular weight excluding hydrogens is 808 g/mol. The minimum atomic E-state index is -5.02. The van der Waals surface area contributed by atoms with E-state index in [1.807, 2.05) is 0 Å². The first-order valence-electron chi connectivity index (χ1n) is 25.1. The van der Waals surface area contributed by atoms with Gasteiger partial charge in [-0.1, -0.05) is 224 Å². The fourth-order valence-corrected chi connectivity index (χ4v) is 8.42. The molecule has 0 fully saturated rings. The molecule has 0 saturated carbocycles. The van der Waals surface area contributed by atoms with Crippen LogP contribution < -0.4 is 51.4 Å².